The van der Waals surface area contributed by atoms with Crippen LogP contribution in [0.5, 0.6) is 0 Å². The summed E-state index contributed by atoms with van der Waals surface area (Å²) in [5, 5.41) is 7.78. The van der Waals surface area contributed by atoms with Gasteiger partial charge in [0.15, 0.2) is 0 Å². The minimum atomic E-state index is -0.310. The van der Waals surface area contributed by atoms with Crippen LogP contribution in [-0.2, 0) is 15.0 Å². The van der Waals surface area contributed by atoms with E-state index in [2.05, 4.69) is 26.1 Å². The molecule has 3 unspecified atom stereocenters. The van der Waals surface area contributed by atoms with Crippen LogP contribution in [-0.4, -0.2) is 40.7 Å². The summed E-state index contributed by atoms with van der Waals surface area (Å²) in [5.41, 5.74) is 6.96. The molecule has 1 aromatic heterocycles. The summed E-state index contributed by atoms with van der Waals surface area (Å²) in [6.07, 6.45) is 4.13. The molecule has 4 aliphatic carbocycles. The maximum Gasteiger partial charge on any atom is 0.407 e. The van der Waals surface area contributed by atoms with Gasteiger partial charge in [-0.3, -0.25) is 0 Å². The maximum atomic E-state index is 12.3. The van der Waals surface area contributed by atoms with E-state index in [9.17, 15) is 4.79 Å². The number of nitrogens with two attached hydrogens (primary N) is 1. The average molecular weight is 362 g/mol. The summed E-state index contributed by atoms with van der Waals surface area (Å²) >= 11 is 0. The third-order valence-corrected chi connectivity index (χ3v) is 6.22. The van der Waals surface area contributed by atoms with Crippen molar-refractivity contribution < 1.29 is 14.3 Å². The van der Waals surface area contributed by atoms with Gasteiger partial charge in [0.1, 0.15) is 11.9 Å². The second-order valence-electron chi connectivity index (χ2n) is 9.35. The van der Waals surface area contributed by atoms with Gasteiger partial charge in [0.2, 0.25) is 0 Å². The van der Waals surface area contributed by atoms with Gasteiger partial charge in [-0.2, -0.15) is 5.10 Å². The van der Waals surface area contributed by atoms with E-state index < -0.39 is 0 Å². The highest BCUT2D eigenvalue weighted by Gasteiger charge is 2.58. The first-order valence-corrected chi connectivity index (χ1v) is 9.57. The van der Waals surface area contributed by atoms with Crippen LogP contribution in [0.1, 0.15) is 64.5 Å². The normalized spacial score (nSPS) is 35.5. The molecule has 3 atom stereocenters. The van der Waals surface area contributed by atoms with Gasteiger partial charge >= 0.3 is 6.09 Å². The van der Waals surface area contributed by atoms with Crippen LogP contribution in [0, 0.1) is 5.92 Å². The van der Waals surface area contributed by atoms with E-state index in [4.69, 9.17) is 20.3 Å². The van der Waals surface area contributed by atoms with Gasteiger partial charge in [0, 0.05) is 24.6 Å². The summed E-state index contributed by atoms with van der Waals surface area (Å²) in [6, 6.07) is 1.94. The lowest BCUT2D eigenvalue weighted by molar-refractivity contribution is -0.0586. The Bertz CT molecular complexity index is 691. The Morgan fingerprint density at radius 2 is 1.96 bits per heavy atom. The first-order valence-electron chi connectivity index (χ1n) is 9.57. The molecular weight excluding hydrogens is 332 g/mol. The van der Waals surface area contributed by atoms with Crippen LogP contribution in [0.15, 0.2) is 6.07 Å². The molecule has 144 valence electrons. The molecule has 1 aromatic rings. The number of ether oxygens (including phenoxy) is 2. The number of nitrogen functional groups attached to an aromatic ring is 1. The molecule has 7 nitrogen and oxygen atoms in total. The number of alkyl carbamates (subject to hydrolysis) is 1. The molecule has 2 bridgehead atoms. The van der Waals surface area contributed by atoms with Crippen LogP contribution in [0.25, 0.3) is 0 Å². The Morgan fingerprint density at radius 1 is 1.31 bits per heavy atom. The molecule has 5 rings (SSSR count). The molecule has 26 heavy (non-hydrogen) atoms. The molecule has 3 N–H and O–H groups in total. The van der Waals surface area contributed by atoms with Crippen LogP contribution in [0.4, 0.5) is 10.6 Å². The lowest BCUT2D eigenvalue weighted by atomic mass is 9.50. The summed E-state index contributed by atoms with van der Waals surface area (Å²) in [5.74, 6) is 1.66. The van der Waals surface area contributed by atoms with Gasteiger partial charge in [0.05, 0.1) is 17.3 Å². The second-order valence-corrected chi connectivity index (χ2v) is 9.35. The van der Waals surface area contributed by atoms with E-state index in [1.54, 1.807) is 7.11 Å². The topological polar surface area (TPSA) is 91.4 Å². The number of nitrogens with zero attached hydrogens (tertiary/aromatic N) is 2. The van der Waals surface area contributed by atoms with Crippen LogP contribution >= 0.6 is 0 Å². The van der Waals surface area contributed by atoms with E-state index in [0.29, 0.717) is 12.2 Å². The number of aromatic nitrogens is 2. The lowest BCUT2D eigenvalue weighted by Crippen LogP contribution is -2.68. The van der Waals surface area contributed by atoms with E-state index in [1.807, 2.05) is 10.7 Å². The summed E-state index contributed by atoms with van der Waals surface area (Å²) < 4.78 is 13.2. The number of nitrogens with one attached hydrogen (secondary N) is 1. The van der Waals surface area contributed by atoms with Gasteiger partial charge in [-0.15, -0.1) is 0 Å². The Kier molecular flexibility index (Phi) is 3.99. The second kappa shape index (κ2) is 5.87. The highest BCUT2D eigenvalue weighted by Crippen LogP contribution is 2.57. The van der Waals surface area contributed by atoms with E-state index in [-0.39, 0.29) is 35.3 Å². The molecule has 4 aliphatic rings. The van der Waals surface area contributed by atoms with Crippen LogP contribution in [0.3, 0.4) is 0 Å². The molecule has 1 amide bonds. The SMILES string of the molecule is COC1CC(c2cc(N)n(C(C)(C)C)n2)CC1OC(=O)NC12CC(C1)C2. The minimum Gasteiger partial charge on any atom is -0.443 e. The smallest absolute Gasteiger partial charge is 0.407 e. The summed E-state index contributed by atoms with van der Waals surface area (Å²) in [4.78, 5) is 12.3. The predicted octanol–water partition coefficient (Wildman–Crippen LogP) is 2.76. The van der Waals surface area contributed by atoms with Gasteiger partial charge in [0.25, 0.3) is 0 Å². The Morgan fingerprint density at radius 3 is 2.46 bits per heavy atom. The molecule has 4 fully saturated rings. The Labute approximate surface area is 154 Å². The maximum absolute atomic E-state index is 12.3. The third-order valence-electron chi connectivity index (χ3n) is 6.22. The standard InChI is InChI=1S/C19H30N4O3/c1-18(2,3)23-16(20)7-13(22-23)12-5-14(25-4)15(6-12)26-17(24)21-19-8-11(9-19)10-19/h7,11-12,14-15H,5-6,8-10,20H2,1-4H3,(H,21,24). The molecule has 7 heteroatoms. The van der Waals surface area contributed by atoms with Gasteiger partial charge in [-0.05, 0) is 58.8 Å². The lowest BCUT2D eigenvalue weighted by Gasteiger charge is -2.61. The zero-order valence-electron chi connectivity index (χ0n) is 16.1. The molecule has 0 aromatic carbocycles. The monoisotopic (exact) mass is 362 g/mol. The number of rotatable bonds is 4. The Balaban J connectivity index is 1.41. The average Bonchev–Trinajstić information content (AvgIpc) is 3.04. The number of anilines is 1. The fourth-order valence-electron chi connectivity index (χ4n) is 4.74. The highest BCUT2D eigenvalue weighted by molar-refractivity contribution is 5.69. The fourth-order valence-corrected chi connectivity index (χ4v) is 4.74. The van der Waals surface area contributed by atoms with Crippen molar-refractivity contribution in [2.24, 2.45) is 5.92 Å². The first-order chi connectivity index (χ1) is 12.2. The quantitative estimate of drug-likeness (QED) is 0.859. The number of methoxy groups -OCH3 is 1. The largest absolute Gasteiger partial charge is 0.443 e. The van der Waals surface area contributed by atoms with Crippen LogP contribution in [0.2, 0.25) is 0 Å². The van der Waals surface area contributed by atoms with Gasteiger partial charge in [-0.25, -0.2) is 9.48 Å². The Hall–Kier alpha value is -1.76. The number of hydrogen-bond donors (Lipinski definition) is 2. The summed E-state index contributed by atoms with van der Waals surface area (Å²) in [7, 11) is 1.67. The molecule has 0 saturated heterocycles. The van der Waals surface area contributed by atoms with E-state index in [1.165, 1.54) is 0 Å². The van der Waals surface area contributed by atoms with E-state index in [0.717, 1.165) is 37.3 Å². The van der Waals surface area contributed by atoms with Crippen molar-refractivity contribution in [1.82, 2.24) is 15.1 Å². The predicted molar refractivity (Wildman–Crippen MR) is 97.9 cm³/mol. The zero-order chi connectivity index (χ0) is 18.7. The number of carbonyl (C=O) groups is 1. The molecule has 0 radical (unpaired) electrons. The number of amides is 1. The molecule has 0 aliphatic heterocycles. The third kappa shape index (κ3) is 2.96. The van der Waals surface area contributed by atoms with Crippen molar-refractivity contribution >= 4 is 11.9 Å². The highest BCUT2D eigenvalue weighted by atomic mass is 16.6. The van der Waals surface area contributed by atoms with Crippen molar-refractivity contribution in [3.63, 3.8) is 0 Å². The first kappa shape index (κ1) is 17.6. The number of carbonyl (C=O) groups excluding carboxylic acids is 1. The van der Waals surface area contributed by atoms with Crippen molar-refractivity contribution in [3.05, 3.63) is 11.8 Å². The molecule has 0 spiro atoms. The van der Waals surface area contributed by atoms with E-state index >= 15 is 0 Å². The van der Waals surface area contributed by atoms with Crippen molar-refractivity contribution in [3.8, 4) is 0 Å². The van der Waals surface area contributed by atoms with Gasteiger partial charge < -0.3 is 20.5 Å². The van der Waals surface area contributed by atoms with Crippen LogP contribution < -0.4 is 11.1 Å². The van der Waals surface area contributed by atoms with Crippen molar-refractivity contribution in [1.29, 1.82) is 0 Å². The minimum absolute atomic E-state index is 0.0300. The fraction of sp³-hybridized carbons (Fsp3) is 0.789. The summed E-state index contributed by atoms with van der Waals surface area (Å²) in [6.45, 7) is 6.23. The molecule has 4 saturated carbocycles. The van der Waals surface area contributed by atoms with Crippen molar-refractivity contribution in [2.75, 3.05) is 12.8 Å². The number of hydrogen-bond acceptors (Lipinski definition) is 5. The zero-order valence-corrected chi connectivity index (χ0v) is 16.1. The molecule has 1 heterocycles. The van der Waals surface area contributed by atoms with Crippen molar-refractivity contribution in [2.45, 2.75) is 82.1 Å². The molecular formula is C19H30N4O3. The van der Waals surface area contributed by atoms with Gasteiger partial charge in [-0.1, -0.05) is 0 Å².